The summed E-state index contributed by atoms with van der Waals surface area (Å²) in [5.74, 6) is -1.86. The Bertz CT molecular complexity index is 1200. The molecule has 0 radical (unpaired) electrons. The summed E-state index contributed by atoms with van der Waals surface area (Å²) in [6.45, 7) is 0. The van der Waals surface area contributed by atoms with Crippen LogP contribution in [0.2, 0.25) is 0 Å². The summed E-state index contributed by atoms with van der Waals surface area (Å²) in [6.07, 6.45) is 0. The van der Waals surface area contributed by atoms with Crippen molar-refractivity contribution >= 4 is 32.8 Å². The molecule has 0 saturated carbocycles. The average Bonchev–Trinajstić information content (AvgIpc) is 2.70. The number of hydrogen-bond acceptors (Lipinski definition) is 6. The Balaban J connectivity index is 0.00000300. The van der Waals surface area contributed by atoms with Crippen molar-refractivity contribution in [3.05, 3.63) is 65.7 Å². The number of benzene rings is 3. The van der Waals surface area contributed by atoms with E-state index in [1.54, 1.807) is 18.2 Å². The molecule has 29 heavy (non-hydrogen) atoms. The van der Waals surface area contributed by atoms with E-state index in [-0.39, 0.29) is 40.7 Å². The topological polar surface area (TPSA) is 107 Å². The molecule has 0 unspecified atom stereocenters. The summed E-state index contributed by atoms with van der Waals surface area (Å²) in [5, 5.41) is 1.69. The van der Waals surface area contributed by atoms with Gasteiger partial charge in [-0.05, 0) is 16.3 Å². The van der Waals surface area contributed by atoms with Gasteiger partial charge in [0.05, 0.1) is 14.2 Å². The van der Waals surface area contributed by atoms with Gasteiger partial charge in [-0.1, -0.05) is 53.6 Å². The van der Waals surface area contributed by atoms with E-state index >= 15 is 0 Å². The van der Waals surface area contributed by atoms with Crippen LogP contribution >= 0.6 is 0 Å². The van der Waals surface area contributed by atoms with Crippen LogP contribution in [0.4, 0.5) is 0 Å². The van der Waals surface area contributed by atoms with Crippen LogP contribution in [0.5, 0.6) is 0 Å². The van der Waals surface area contributed by atoms with E-state index < -0.39 is 32.5 Å². The Morgan fingerprint density at radius 2 is 1.55 bits per heavy atom. The predicted octanol–water partition coefficient (Wildman–Crippen LogP) is 0.131. The summed E-state index contributed by atoms with van der Waals surface area (Å²) in [6, 6.07) is 16.0. The Hall–Kier alpha value is -2.23. The standard InChI is InChI=1S/C20H15O7S.Na/c1-26-19(21)15-10-16(14-8-7-12-5-3-4-6-13(12)9-14)18(28(23,24)25)17(11-15)20(22)27-2;/h3-9,11H,1-2H3,(H,23,24,25);/q-1;+1. The Morgan fingerprint density at radius 1 is 0.931 bits per heavy atom. The third-order valence-electron chi connectivity index (χ3n) is 4.13. The van der Waals surface area contributed by atoms with Crippen LogP contribution in [0.3, 0.4) is 0 Å². The van der Waals surface area contributed by atoms with Crippen molar-refractivity contribution < 1.29 is 61.6 Å². The summed E-state index contributed by atoms with van der Waals surface area (Å²) in [4.78, 5) is 23.5. The number of esters is 2. The third kappa shape index (κ3) is 4.68. The Morgan fingerprint density at radius 3 is 2.14 bits per heavy atom. The molecular weight excluding hydrogens is 407 g/mol. The van der Waals surface area contributed by atoms with Crippen molar-refractivity contribution in [2.45, 2.75) is 4.90 Å². The molecule has 0 saturated heterocycles. The number of carbonyl (C=O) groups excluding carboxylic acids is 2. The monoisotopic (exact) mass is 422 g/mol. The minimum absolute atomic E-state index is 0. The summed E-state index contributed by atoms with van der Waals surface area (Å²) >= 11 is 0. The molecule has 0 fully saturated rings. The van der Waals surface area contributed by atoms with Crippen LogP contribution in [0, 0.1) is 6.07 Å². The van der Waals surface area contributed by atoms with Gasteiger partial charge in [0.1, 0.15) is 0 Å². The number of carbonyl (C=O) groups is 2. The molecule has 7 nitrogen and oxygen atoms in total. The molecule has 0 bridgehead atoms. The van der Waals surface area contributed by atoms with E-state index in [4.69, 9.17) is 0 Å². The smallest absolute Gasteiger partial charge is 0.500 e. The van der Waals surface area contributed by atoms with Gasteiger partial charge in [0, 0.05) is 10.5 Å². The first-order valence-corrected chi connectivity index (χ1v) is 9.44. The average molecular weight is 422 g/mol. The fourth-order valence-electron chi connectivity index (χ4n) is 2.87. The van der Waals surface area contributed by atoms with Gasteiger partial charge in [-0.2, -0.15) is 0 Å². The van der Waals surface area contributed by atoms with Crippen LogP contribution in [-0.4, -0.2) is 39.1 Å². The fraction of sp³-hybridized carbons (Fsp3) is 0.100. The molecule has 0 amide bonds. The van der Waals surface area contributed by atoms with Crippen molar-refractivity contribution in [1.29, 1.82) is 0 Å². The maximum atomic E-state index is 12.2. The fourth-order valence-corrected chi connectivity index (χ4v) is 3.72. The number of rotatable bonds is 4. The number of methoxy groups -OCH3 is 2. The van der Waals surface area contributed by atoms with Crippen molar-refractivity contribution in [2.75, 3.05) is 14.2 Å². The summed E-state index contributed by atoms with van der Waals surface area (Å²) in [7, 11) is -2.66. The quantitative estimate of drug-likeness (QED) is 0.276. The van der Waals surface area contributed by atoms with Crippen molar-refractivity contribution in [1.82, 2.24) is 0 Å². The van der Waals surface area contributed by atoms with Crippen molar-refractivity contribution in [3.63, 3.8) is 0 Å². The molecule has 0 aliphatic carbocycles. The summed E-state index contributed by atoms with van der Waals surface area (Å²) in [5.41, 5.74) is -0.482. The maximum Gasteiger partial charge on any atom is 1.00 e. The van der Waals surface area contributed by atoms with E-state index in [9.17, 15) is 22.6 Å². The Kier molecular flexibility index (Phi) is 7.20. The first-order chi connectivity index (χ1) is 13.3. The molecule has 1 N–H and O–H groups in total. The second-order valence-electron chi connectivity index (χ2n) is 5.82. The van der Waals surface area contributed by atoms with E-state index in [2.05, 4.69) is 15.5 Å². The SMILES string of the molecule is COC(=O)c1[c-]c(-c2ccc3ccccc3c2)c(S(=O)(=O)O)c(C(=O)OC)c1.[Na+]. The molecule has 0 spiro atoms. The second-order valence-corrected chi connectivity index (χ2v) is 7.18. The van der Waals surface area contributed by atoms with Crippen LogP contribution < -0.4 is 29.6 Å². The van der Waals surface area contributed by atoms with Crippen molar-refractivity contribution in [2.24, 2.45) is 0 Å². The molecule has 0 aliphatic heterocycles. The zero-order valence-electron chi connectivity index (χ0n) is 15.9. The van der Waals surface area contributed by atoms with E-state index in [1.807, 2.05) is 24.3 Å². The molecular formula is C20H15NaO7S. The molecule has 0 aromatic heterocycles. The van der Waals surface area contributed by atoms with Crippen LogP contribution in [0.1, 0.15) is 20.7 Å². The first kappa shape index (κ1) is 23.1. The predicted molar refractivity (Wildman–Crippen MR) is 101 cm³/mol. The molecule has 3 aromatic rings. The van der Waals surface area contributed by atoms with Gasteiger partial charge in [-0.3, -0.25) is 9.35 Å². The van der Waals surface area contributed by atoms with E-state index in [0.717, 1.165) is 31.1 Å². The van der Waals surface area contributed by atoms with Gasteiger partial charge < -0.3 is 9.47 Å². The molecule has 144 valence electrons. The zero-order valence-corrected chi connectivity index (χ0v) is 18.7. The molecule has 0 heterocycles. The minimum atomic E-state index is -4.85. The minimum Gasteiger partial charge on any atom is -0.500 e. The normalized spacial score (nSPS) is 10.9. The van der Waals surface area contributed by atoms with Gasteiger partial charge in [0.2, 0.25) is 0 Å². The van der Waals surface area contributed by atoms with Crippen LogP contribution in [0.15, 0.2) is 53.4 Å². The van der Waals surface area contributed by atoms with E-state index in [1.165, 1.54) is 0 Å². The second kappa shape index (κ2) is 9.06. The van der Waals surface area contributed by atoms with Gasteiger partial charge in [0.15, 0.2) is 0 Å². The first-order valence-electron chi connectivity index (χ1n) is 8.00. The van der Waals surface area contributed by atoms with E-state index in [0.29, 0.717) is 5.56 Å². The van der Waals surface area contributed by atoms with Crippen LogP contribution in [0.25, 0.3) is 21.9 Å². The van der Waals surface area contributed by atoms with Gasteiger partial charge in [0.25, 0.3) is 16.1 Å². The molecule has 3 rings (SSSR count). The van der Waals surface area contributed by atoms with Gasteiger partial charge in [-0.25, -0.2) is 13.2 Å². The number of hydrogen-bond donors (Lipinski definition) is 1. The zero-order chi connectivity index (χ0) is 20.5. The maximum absolute atomic E-state index is 12.2. The molecule has 0 atom stereocenters. The molecule has 3 aromatic carbocycles. The largest absolute Gasteiger partial charge is 1.00 e. The van der Waals surface area contributed by atoms with Crippen LogP contribution in [-0.2, 0) is 19.6 Å². The van der Waals surface area contributed by atoms with Gasteiger partial charge >= 0.3 is 35.5 Å². The number of ether oxygens (including phenoxy) is 2. The van der Waals surface area contributed by atoms with Gasteiger partial charge in [-0.15, -0.1) is 12.1 Å². The molecule has 0 aliphatic rings. The Labute approximate surface area is 189 Å². The summed E-state index contributed by atoms with van der Waals surface area (Å²) < 4.78 is 43.3. The van der Waals surface area contributed by atoms with Crippen molar-refractivity contribution in [3.8, 4) is 11.1 Å². The third-order valence-corrected chi connectivity index (χ3v) is 5.07. The number of fused-ring (bicyclic) bond motifs is 1. The molecule has 9 heteroatoms.